The number of halogens is 1. The van der Waals surface area contributed by atoms with Crippen molar-refractivity contribution in [2.24, 2.45) is 5.41 Å². The van der Waals surface area contributed by atoms with Gasteiger partial charge in [0, 0.05) is 41.4 Å². The molecule has 0 unspecified atom stereocenters. The zero-order valence-electron chi connectivity index (χ0n) is 12.0. The molecule has 20 heavy (non-hydrogen) atoms. The first kappa shape index (κ1) is 15.5. The molecule has 2 rings (SSSR count). The van der Waals surface area contributed by atoms with Crippen LogP contribution in [0.15, 0.2) is 15.9 Å². The van der Waals surface area contributed by atoms with Crippen molar-refractivity contribution in [1.29, 1.82) is 0 Å². The molecule has 0 saturated carbocycles. The molecule has 4 nitrogen and oxygen atoms in total. The largest absolute Gasteiger partial charge is 0.339 e. The topological polar surface area (TPSA) is 40.6 Å². The second-order valence-electron chi connectivity index (χ2n) is 5.96. The van der Waals surface area contributed by atoms with Gasteiger partial charge in [-0.3, -0.25) is 9.59 Å². The zero-order valence-corrected chi connectivity index (χ0v) is 14.4. The van der Waals surface area contributed by atoms with Crippen LogP contribution in [0.5, 0.6) is 0 Å². The second kappa shape index (κ2) is 5.85. The maximum atomic E-state index is 12.3. The van der Waals surface area contributed by atoms with E-state index in [4.69, 9.17) is 0 Å². The van der Waals surface area contributed by atoms with E-state index in [1.807, 2.05) is 42.0 Å². The summed E-state index contributed by atoms with van der Waals surface area (Å²) in [6, 6.07) is 1.85. The van der Waals surface area contributed by atoms with Crippen LogP contribution in [0.25, 0.3) is 0 Å². The Kier molecular flexibility index (Phi) is 4.54. The van der Waals surface area contributed by atoms with Gasteiger partial charge in [-0.1, -0.05) is 20.8 Å². The molecule has 1 aliphatic heterocycles. The van der Waals surface area contributed by atoms with E-state index in [1.165, 1.54) is 11.3 Å². The highest BCUT2D eigenvalue weighted by Gasteiger charge is 2.31. The van der Waals surface area contributed by atoms with Crippen LogP contribution in [0.4, 0.5) is 0 Å². The highest BCUT2D eigenvalue weighted by Crippen LogP contribution is 2.23. The summed E-state index contributed by atoms with van der Waals surface area (Å²) in [5.74, 6) is 0.215. The zero-order chi connectivity index (χ0) is 14.9. The number of hydrogen-bond acceptors (Lipinski definition) is 3. The number of rotatable bonds is 1. The Balaban J connectivity index is 1.95. The van der Waals surface area contributed by atoms with E-state index in [2.05, 4.69) is 15.9 Å². The molecule has 2 heterocycles. The Bertz CT molecular complexity index is 513. The van der Waals surface area contributed by atoms with E-state index >= 15 is 0 Å². The highest BCUT2D eigenvalue weighted by molar-refractivity contribution is 9.10. The molecule has 1 aromatic rings. The summed E-state index contributed by atoms with van der Waals surface area (Å²) >= 11 is 4.81. The fourth-order valence-electron chi connectivity index (χ4n) is 2.17. The van der Waals surface area contributed by atoms with Crippen molar-refractivity contribution in [2.45, 2.75) is 20.8 Å². The molecule has 2 amide bonds. The Morgan fingerprint density at radius 3 is 2.15 bits per heavy atom. The minimum absolute atomic E-state index is 0.0588. The number of piperazine rings is 1. The van der Waals surface area contributed by atoms with Gasteiger partial charge in [0.1, 0.15) is 0 Å². The van der Waals surface area contributed by atoms with Gasteiger partial charge in [0.2, 0.25) is 5.91 Å². The molecule has 0 spiro atoms. The summed E-state index contributed by atoms with van der Waals surface area (Å²) in [6.45, 7) is 8.23. The van der Waals surface area contributed by atoms with E-state index in [-0.39, 0.29) is 17.2 Å². The summed E-state index contributed by atoms with van der Waals surface area (Å²) in [6.07, 6.45) is 0. The van der Waals surface area contributed by atoms with Gasteiger partial charge in [-0.25, -0.2) is 0 Å². The quantitative estimate of drug-likeness (QED) is 0.774. The Morgan fingerprint density at radius 1 is 1.15 bits per heavy atom. The van der Waals surface area contributed by atoms with E-state index in [1.54, 1.807) is 0 Å². The number of thiophene rings is 1. The number of nitrogens with zero attached hydrogens (tertiary/aromatic N) is 2. The summed E-state index contributed by atoms with van der Waals surface area (Å²) in [5, 5.41) is 1.91. The van der Waals surface area contributed by atoms with E-state index in [9.17, 15) is 9.59 Å². The third-order valence-corrected chi connectivity index (χ3v) is 4.95. The van der Waals surface area contributed by atoms with Crippen molar-refractivity contribution >= 4 is 39.1 Å². The average Bonchev–Trinajstić information content (AvgIpc) is 2.83. The third kappa shape index (κ3) is 3.41. The predicted octanol–water partition coefficient (Wildman–Crippen LogP) is 2.84. The smallest absolute Gasteiger partial charge is 0.264 e. The first-order chi connectivity index (χ1) is 9.29. The Hall–Kier alpha value is -0.880. The van der Waals surface area contributed by atoms with Crippen molar-refractivity contribution in [3.63, 3.8) is 0 Å². The summed E-state index contributed by atoms with van der Waals surface area (Å²) < 4.78 is 0.937. The van der Waals surface area contributed by atoms with Crippen LogP contribution in [0.3, 0.4) is 0 Å². The van der Waals surface area contributed by atoms with Crippen LogP contribution >= 0.6 is 27.3 Å². The van der Waals surface area contributed by atoms with E-state index in [0.717, 1.165) is 9.35 Å². The van der Waals surface area contributed by atoms with Crippen molar-refractivity contribution < 1.29 is 9.59 Å². The van der Waals surface area contributed by atoms with E-state index in [0.29, 0.717) is 26.2 Å². The minimum Gasteiger partial charge on any atom is -0.339 e. The van der Waals surface area contributed by atoms with Gasteiger partial charge in [0.15, 0.2) is 0 Å². The highest BCUT2D eigenvalue weighted by atomic mass is 79.9. The number of carbonyl (C=O) groups excluding carboxylic acids is 2. The maximum Gasteiger partial charge on any atom is 0.264 e. The summed E-state index contributed by atoms with van der Waals surface area (Å²) in [7, 11) is 0. The monoisotopic (exact) mass is 358 g/mol. The van der Waals surface area contributed by atoms with Crippen LogP contribution in [0, 0.1) is 5.41 Å². The number of amides is 2. The Labute approximate surface area is 131 Å². The minimum atomic E-state index is -0.356. The Morgan fingerprint density at radius 2 is 1.70 bits per heavy atom. The molecule has 1 saturated heterocycles. The van der Waals surface area contributed by atoms with Gasteiger partial charge >= 0.3 is 0 Å². The molecule has 110 valence electrons. The molecule has 1 aliphatic rings. The van der Waals surface area contributed by atoms with Crippen molar-refractivity contribution in [3.8, 4) is 0 Å². The van der Waals surface area contributed by atoms with Crippen LogP contribution < -0.4 is 0 Å². The fourth-order valence-corrected chi connectivity index (χ4v) is 3.56. The lowest BCUT2D eigenvalue weighted by Gasteiger charge is -2.37. The molecular weight excluding hydrogens is 340 g/mol. The van der Waals surface area contributed by atoms with Gasteiger partial charge in [0.25, 0.3) is 5.91 Å². The molecule has 6 heteroatoms. The molecule has 0 N–H and O–H groups in total. The first-order valence-corrected chi connectivity index (χ1v) is 8.29. The lowest BCUT2D eigenvalue weighted by molar-refractivity contribution is -0.140. The molecule has 0 aromatic carbocycles. The summed E-state index contributed by atoms with van der Waals surface area (Å²) in [4.78, 5) is 28.9. The van der Waals surface area contributed by atoms with Crippen LogP contribution in [-0.4, -0.2) is 47.8 Å². The van der Waals surface area contributed by atoms with Crippen LogP contribution in [0.1, 0.15) is 30.4 Å². The third-order valence-electron chi connectivity index (χ3n) is 3.27. The van der Waals surface area contributed by atoms with E-state index < -0.39 is 0 Å². The average molecular weight is 359 g/mol. The van der Waals surface area contributed by atoms with Crippen LogP contribution in [0.2, 0.25) is 0 Å². The molecule has 1 aromatic heterocycles. The molecule has 0 aliphatic carbocycles. The lowest BCUT2D eigenvalue weighted by atomic mass is 9.94. The summed E-state index contributed by atoms with van der Waals surface area (Å²) in [5.41, 5.74) is -0.356. The maximum absolute atomic E-state index is 12.3. The number of hydrogen-bond donors (Lipinski definition) is 0. The second-order valence-corrected chi connectivity index (χ2v) is 7.79. The van der Waals surface area contributed by atoms with Gasteiger partial charge < -0.3 is 9.80 Å². The standard InChI is InChI=1S/C14H19BrN2O2S/c1-14(2,3)13(19)17-6-4-16(5-7-17)12(18)11-8-10(15)9-20-11/h8-9H,4-7H2,1-3H3. The molecule has 0 radical (unpaired) electrons. The fraction of sp³-hybridized carbons (Fsp3) is 0.571. The number of carbonyl (C=O) groups is 2. The lowest BCUT2D eigenvalue weighted by Crippen LogP contribution is -2.52. The molecule has 1 fully saturated rings. The first-order valence-electron chi connectivity index (χ1n) is 6.62. The molecule has 0 bridgehead atoms. The van der Waals surface area contributed by atoms with Crippen molar-refractivity contribution in [1.82, 2.24) is 9.80 Å². The van der Waals surface area contributed by atoms with Crippen molar-refractivity contribution in [2.75, 3.05) is 26.2 Å². The molecule has 0 atom stereocenters. The van der Waals surface area contributed by atoms with Crippen molar-refractivity contribution in [3.05, 3.63) is 20.8 Å². The van der Waals surface area contributed by atoms with Gasteiger partial charge in [0.05, 0.1) is 4.88 Å². The van der Waals surface area contributed by atoms with Gasteiger partial charge in [-0.05, 0) is 22.0 Å². The van der Waals surface area contributed by atoms with Gasteiger partial charge in [-0.15, -0.1) is 11.3 Å². The predicted molar refractivity (Wildman–Crippen MR) is 84.0 cm³/mol. The van der Waals surface area contributed by atoms with Gasteiger partial charge in [-0.2, -0.15) is 0 Å². The SMILES string of the molecule is CC(C)(C)C(=O)N1CCN(C(=O)c2cc(Br)cs2)CC1. The molecular formula is C14H19BrN2O2S. The normalized spacial score (nSPS) is 16.4. The van der Waals surface area contributed by atoms with Crippen LogP contribution in [-0.2, 0) is 4.79 Å².